The summed E-state index contributed by atoms with van der Waals surface area (Å²) >= 11 is 0. The van der Waals surface area contributed by atoms with Crippen molar-refractivity contribution in [2.45, 2.75) is 477 Å². The SMILES string of the molecule is CCCCCCCCCCCCCCCCCCCCCCCC(=O)O[C@H](COC(=O)CCCCCCCCCCCCCCCCC(C)CC)COP(=O)(O)OC[C@@H](O)COP(=O)(O)OC[C@@H](COC(=O)CCCCCCCCCCC(C)C)OC(=O)CCCCCCCCCCCCCCCCC. The van der Waals surface area contributed by atoms with Crippen LogP contribution in [-0.4, -0.2) is 96.7 Å². The molecule has 0 heterocycles. The Morgan fingerprint density at radius 1 is 0.276 bits per heavy atom. The van der Waals surface area contributed by atoms with E-state index in [9.17, 15) is 43.2 Å². The van der Waals surface area contributed by atoms with E-state index >= 15 is 0 Å². The molecule has 0 aromatic heterocycles. The average Bonchev–Trinajstić information content (AvgIpc) is 0.906. The number of phosphoric ester groups is 2. The molecular formula is C86H168O17P2. The molecule has 17 nitrogen and oxygen atoms in total. The predicted molar refractivity (Wildman–Crippen MR) is 432 cm³/mol. The average molecular weight is 1540 g/mol. The number of aliphatic hydroxyl groups is 1. The molecule has 0 amide bonds. The van der Waals surface area contributed by atoms with Crippen LogP contribution in [-0.2, 0) is 65.4 Å². The molecule has 6 atom stereocenters. The number of unbranched alkanes of at least 4 members (excludes halogenated alkanes) is 54. The maximum atomic E-state index is 13.1. The Balaban J connectivity index is 5.24. The third-order valence-corrected chi connectivity index (χ3v) is 22.5. The van der Waals surface area contributed by atoms with E-state index in [1.807, 2.05) is 0 Å². The van der Waals surface area contributed by atoms with Gasteiger partial charge in [0.25, 0.3) is 0 Å². The Bertz CT molecular complexity index is 2010. The van der Waals surface area contributed by atoms with Crippen molar-refractivity contribution < 1.29 is 80.2 Å². The van der Waals surface area contributed by atoms with Crippen LogP contribution in [0.2, 0.25) is 0 Å². The maximum absolute atomic E-state index is 13.1. The van der Waals surface area contributed by atoms with Crippen LogP contribution >= 0.6 is 15.6 Å². The number of hydrogen-bond acceptors (Lipinski definition) is 15. The van der Waals surface area contributed by atoms with Crippen molar-refractivity contribution in [3.05, 3.63) is 0 Å². The molecule has 3 unspecified atom stereocenters. The summed E-state index contributed by atoms with van der Waals surface area (Å²) in [5.41, 5.74) is 0. The highest BCUT2D eigenvalue weighted by Crippen LogP contribution is 2.45. The number of hydrogen-bond donors (Lipinski definition) is 3. The zero-order valence-corrected chi connectivity index (χ0v) is 70.8. The van der Waals surface area contributed by atoms with Crippen molar-refractivity contribution >= 4 is 39.5 Å². The fourth-order valence-electron chi connectivity index (χ4n) is 13.4. The van der Waals surface area contributed by atoms with Crippen molar-refractivity contribution in [3.63, 3.8) is 0 Å². The molecule has 0 aliphatic heterocycles. The Morgan fingerprint density at radius 2 is 0.486 bits per heavy atom. The van der Waals surface area contributed by atoms with Gasteiger partial charge in [0.15, 0.2) is 12.2 Å². The van der Waals surface area contributed by atoms with E-state index < -0.39 is 97.5 Å². The molecule has 0 radical (unpaired) electrons. The van der Waals surface area contributed by atoms with E-state index in [-0.39, 0.29) is 25.7 Å². The molecule has 105 heavy (non-hydrogen) atoms. The molecule has 0 spiro atoms. The van der Waals surface area contributed by atoms with Crippen molar-refractivity contribution in [2.75, 3.05) is 39.6 Å². The highest BCUT2D eigenvalue weighted by Gasteiger charge is 2.30. The predicted octanol–water partition coefficient (Wildman–Crippen LogP) is 26.2. The summed E-state index contributed by atoms with van der Waals surface area (Å²) in [5, 5.41) is 10.7. The quantitative estimate of drug-likeness (QED) is 0.0222. The van der Waals surface area contributed by atoms with Gasteiger partial charge in [-0.2, -0.15) is 0 Å². The minimum Gasteiger partial charge on any atom is -0.462 e. The highest BCUT2D eigenvalue weighted by atomic mass is 31.2. The number of aliphatic hydroxyl groups excluding tert-OH is 1. The molecular weight excluding hydrogens is 1370 g/mol. The molecule has 0 aliphatic carbocycles. The molecule has 3 N–H and O–H groups in total. The van der Waals surface area contributed by atoms with Gasteiger partial charge in [-0.3, -0.25) is 37.3 Å². The summed E-state index contributed by atoms with van der Waals surface area (Å²) in [5.74, 6) is -0.526. The normalized spacial score (nSPS) is 14.1. The second-order valence-corrected chi connectivity index (χ2v) is 34.6. The molecule has 0 fully saturated rings. The maximum Gasteiger partial charge on any atom is 0.472 e. The van der Waals surface area contributed by atoms with E-state index in [2.05, 4.69) is 41.5 Å². The Kier molecular flexibility index (Phi) is 76.0. The Hall–Kier alpha value is -1.94. The molecule has 0 aromatic rings. The van der Waals surface area contributed by atoms with E-state index in [0.717, 1.165) is 102 Å². The lowest BCUT2D eigenvalue weighted by Gasteiger charge is -2.21. The lowest BCUT2D eigenvalue weighted by molar-refractivity contribution is -0.161. The van der Waals surface area contributed by atoms with Crippen LogP contribution in [0.4, 0.5) is 0 Å². The summed E-state index contributed by atoms with van der Waals surface area (Å²) in [7, 11) is -9.93. The van der Waals surface area contributed by atoms with Gasteiger partial charge in [-0.25, -0.2) is 9.13 Å². The van der Waals surface area contributed by atoms with Crippen molar-refractivity contribution in [2.24, 2.45) is 11.8 Å². The van der Waals surface area contributed by atoms with Crippen LogP contribution in [0.15, 0.2) is 0 Å². The summed E-state index contributed by atoms with van der Waals surface area (Å²) in [6.45, 7) is 9.69. The minimum atomic E-state index is -4.97. The van der Waals surface area contributed by atoms with Crippen LogP contribution in [0.5, 0.6) is 0 Å². The Morgan fingerprint density at radius 3 is 0.724 bits per heavy atom. The van der Waals surface area contributed by atoms with Crippen LogP contribution < -0.4 is 0 Å². The van der Waals surface area contributed by atoms with Crippen LogP contribution in [0.3, 0.4) is 0 Å². The lowest BCUT2D eigenvalue weighted by Crippen LogP contribution is -2.30. The number of carbonyl (C=O) groups excluding carboxylic acids is 4. The van der Waals surface area contributed by atoms with Gasteiger partial charge in [0.1, 0.15) is 19.3 Å². The molecule has 0 aromatic carbocycles. The largest absolute Gasteiger partial charge is 0.472 e. The second-order valence-electron chi connectivity index (χ2n) is 31.6. The van der Waals surface area contributed by atoms with E-state index in [1.54, 1.807) is 0 Å². The fourth-order valence-corrected chi connectivity index (χ4v) is 15.0. The number of carbonyl (C=O) groups is 4. The zero-order chi connectivity index (χ0) is 77.1. The molecule has 0 aliphatic rings. The number of esters is 4. The van der Waals surface area contributed by atoms with Gasteiger partial charge in [-0.05, 0) is 37.5 Å². The molecule has 0 bridgehead atoms. The number of rotatable bonds is 85. The molecule has 0 saturated carbocycles. The highest BCUT2D eigenvalue weighted by molar-refractivity contribution is 7.47. The second kappa shape index (κ2) is 77.4. The topological polar surface area (TPSA) is 237 Å². The first-order valence-electron chi connectivity index (χ1n) is 44.5. The third kappa shape index (κ3) is 78.5. The summed E-state index contributed by atoms with van der Waals surface area (Å²) in [6, 6.07) is 0. The van der Waals surface area contributed by atoms with Gasteiger partial charge >= 0.3 is 39.5 Å². The smallest absolute Gasteiger partial charge is 0.462 e. The molecule has 0 saturated heterocycles. The number of phosphoric acid groups is 2. The van der Waals surface area contributed by atoms with Crippen LogP contribution in [0.1, 0.15) is 459 Å². The van der Waals surface area contributed by atoms with Gasteiger partial charge in [-0.1, -0.05) is 408 Å². The fraction of sp³-hybridized carbons (Fsp3) is 0.953. The van der Waals surface area contributed by atoms with Crippen LogP contribution in [0, 0.1) is 11.8 Å². The summed E-state index contributed by atoms with van der Waals surface area (Å²) in [4.78, 5) is 73.2. The first kappa shape index (κ1) is 103. The van der Waals surface area contributed by atoms with Gasteiger partial charge < -0.3 is 33.8 Å². The van der Waals surface area contributed by atoms with E-state index in [0.29, 0.717) is 25.7 Å². The van der Waals surface area contributed by atoms with E-state index in [4.69, 9.17) is 37.0 Å². The lowest BCUT2D eigenvalue weighted by atomic mass is 9.99. The minimum absolute atomic E-state index is 0.108. The van der Waals surface area contributed by atoms with Crippen molar-refractivity contribution in [1.82, 2.24) is 0 Å². The zero-order valence-electron chi connectivity index (χ0n) is 69.0. The first-order chi connectivity index (χ1) is 50.9. The van der Waals surface area contributed by atoms with Crippen molar-refractivity contribution in [1.29, 1.82) is 0 Å². The van der Waals surface area contributed by atoms with Gasteiger partial charge in [0.2, 0.25) is 0 Å². The van der Waals surface area contributed by atoms with Crippen LogP contribution in [0.25, 0.3) is 0 Å². The van der Waals surface area contributed by atoms with Crippen molar-refractivity contribution in [3.8, 4) is 0 Å². The van der Waals surface area contributed by atoms with Gasteiger partial charge in [0.05, 0.1) is 26.4 Å². The van der Waals surface area contributed by atoms with Gasteiger partial charge in [0, 0.05) is 25.7 Å². The third-order valence-electron chi connectivity index (χ3n) is 20.6. The van der Waals surface area contributed by atoms with Gasteiger partial charge in [-0.15, -0.1) is 0 Å². The number of ether oxygens (including phenoxy) is 4. The molecule has 19 heteroatoms. The molecule has 624 valence electrons. The summed E-state index contributed by atoms with van der Waals surface area (Å²) < 4.78 is 68.9. The Labute approximate surface area is 645 Å². The summed E-state index contributed by atoms with van der Waals surface area (Å²) in [6.07, 6.45) is 69.4. The standard InChI is InChI=1S/C86H168O17P2/c1-7-10-12-14-16-18-20-22-24-25-26-27-28-29-31-37-41-45-53-59-65-71-85(90)102-81(74-96-83(88)68-62-56-50-43-39-35-33-32-34-38-42-49-55-61-67-79(6)9-3)76-100-104(92,93)98-72-80(87)73-99-105(94,95)101-77-82(75-97-84(89)69-63-57-51-47-46-48-54-60-66-78(4)5)103-86(91)70-64-58-52-44-40-36-30-23-21-19-17-15-13-11-8-2/h78-82,87H,7-77H2,1-6H3,(H,92,93)(H,94,95)/t79?,80-,81-,82-/m1/s1. The first-order valence-corrected chi connectivity index (χ1v) is 47.5. The molecule has 0 rings (SSSR count). The van der Waals surface area contributed by atoms with E-state index in [1.165, 1.54) is 276 Å². The monoisotopic (exact) mass is 1540 g/mol.